The van der Waals surface area contributed by atoms with Gasteiger partial charge in [-0.05, 0) is 71.8 Å². The van der Waals surface area contributed by atoms with Crippen molar-refractivity contribution in [2.75, 3.05) is 0 Å². The molecule has 10 nitrogen and oxygen atoms in total. The fourth-order valence-electron chi connectivity index (χ4n) is 5.77. The molecule has 244 valence electrons. The third kappa shape index (κ3) is 7.07. The van der Waals surface area contributed by atoms with E-state index in [4.69, 9.17) is 9.47 Å². The molecule has 0 atom stereocenters. The van der Waals surface area contributed by atoms with E-state index in [9.17, 15) is 29.4 Å². The van der Waals surface area contributed by atoms with E-state index in [1.807, 2.05) is 60.7 Å². The summed E-state index contributed by atoms with van der Waals surface area (Å²) in [6.45, 7) is 0. The first-order valence-corrected chi connectivity index (χ1v) is 15.3. The van der Waals surface area contributed by atoms with Crippen molar-refractivity contribution in [1.29, 1.82) is 0 Å². The van der Waals surface area contributed by atoms with Crippen LogP contribution in [0, 0.1) is 0 Å². The van der Waals surface area contributed by atoms with Gasteiger partial charge in [0.15, 0.2) is 0 Å². The molecule has 0 fully saturated rings. The number of H-pyrrole nitrogens is 2. The number of nitrogens with one attached hydrogen (secondary N) is 2. The van der Waals surface area contributed by atoms with E-state index in [0.717, 1.165) is 43.6 Å². The van der Waals surface area contributed by atoms with Gasteiger partial charge < -0.3 is 39.2 Å². The van der Waals surface area contributed by atoms with E-state index < -0.39 is 23.9 Å². The summed E-state index contributed by atoms with van der Waals surface area (Å²) in [7, 11) is 0. The molecule has 0 amide bonds. The number of rotatable bonds is 6. The number of ether oxygens (including phenoxy) is 2. The largest absolute Gasteiger partial charge is 2.00 e. The predicted molar refractivity (Wildman–Crippen MR) is 183 cm³/mol. The number of carbonyl (C=O) groups excluding carboxylic acids is 4. The number of hydrogen-bond donors (Lipinski definition) is 2. The molecule has 0 aliphatic rings. The number of carboxylic acids is 2. The second kappa shape index (κ2) is 14.7. The first kappa shape index (κ1) is 34.6. The Morgan fingerprint density at radius 1 is 0.431 bits per heavy atom. The standard InChI is InChI=1S/2C20H13NO4.Cd/c2*22-19(23)12-5-3-6-13(11-12)20(24)25-17-10-4-9-16-18(17)14-7-1-2-8-15(14)21-16;/h2*1-11,21H,(H,22,23);/q;;+2/p-2. The second-order valence-corrected chi connectivity index (χ2v) is 11.2. The maximum Gasteiger partial charge on any atom is 2.00 e. The number of carboxylic acid groups (broad SMARTS) is 2. The number of para-hydroxylation sites is 2. The van der Waals surface area contributed by atoms with Crippen LogP contribution in [-0.2, 0) is 27.3 Å². The number of benzene rings is 6. The summed E-state index contributed by atoms with van der Waals surface area (Å²) in [5.41, 5.74) is 3.77. The van der Waals surface area contributed by atoms with Gasteiger partial charge >= 0.3 is 39.2 Å². The summed E-state index contributed by atoms with van der Waals surface area (Å²) < 4.78 is 11.1. The van der Waals surface area contributed by atoms with Gasteiger partial charge in [0.1, 0.15) is 11.5 Å². The van der Waals surface area contributed by atoms with Crippen LogP contribution in [-0.4, -0.2) is 33.8 Å². The Balaban J connectivity index is 0.000000172. The van der Waals surface area contributed by atoms with E-state index in [1.165, 1.54) is 48.5 Å². The zero-order valence-electron chi connectivity index (χ0n) is 26.7. The van der Waals surface area contributed by atoms with Crippen molar-refractivity contribution in [2.24, 2.45) is 0 Å². The molecule has 6 aromatic carbocycles. The van der Waals surface area contributed by atoms with Crippen molar-refractivity contribution < 1.29 is 66.2 Å². The molecule has 0 spiro atoms. The number of carbonyl (C=O) groups is 4. The Hall–Kier alpha value is -6.28. The van der Waals surface area contributed by atoms with Crippen molar-refractivity contribution in [1.82, 2.24) is 9.97 Å². The van der Waals surface area contributed by atoms with E-state index in [2.05, 4.69) is 9.97 Å². The van der Waals surface area contributed by atoms with Gasteiger partial charge in [0.2, 0.25) is 0 Å². The van der Waals surface area contributed by atoms with Crippen LogP contribution in [0.5, 0.6) is 11.5 Å². The molecule has 2 heterocycles. The topological polar surface area (TPSA) is 164 Å². The van der Waals surface area contributed by atoms with Crippen molar-refractivity contribution in [3.8, 4) is 11.5 Å². The van der Waals surface area contributed by atoms with Crippen LogP contribution in [0.1, 0.15) is 41.4 Å². The quantitative estimate of drug-likeness (QED) is 0.122. The van der Waals surface area contributed by atoms with Crippen LogP contribution in [0.4, 0.5) is 0 Å². The first-order valence-electron chi connectivity index (χ1n) is 15.3. The van der Waals surface area contributed by atoms with Gasteiger partial charge in [0.25, 0.3) is 0 Å². The minimum atomic E-state index is -1.34. The second-order valence-electron chi connectivity index (χ2n) is 11.2. The van der Waals surface area contributed by atoms with Crippen molar-refractivity contribution in [2.45, 2.75) is 0 Å². The van der Waals surface area contributed by atoms with Gasteiger partial charge in [-0.3, -0.25) is 0 Å². The van der Waals surface area contributed by atoms with Crippen LogP contribution in [0.15, 0.2) is 133 Å². The minimum absolute atomic E-state index is 0. The van der Waals surface area contributed by atoms with Crippen LogP contribution < -0.4 is 19.7 Å². The summed E-state index contributed by atoms with van der Waals surface area (Å²) in [4.78, 5) is 53.4. The Bertz CT molecular complexity index is 2440. The van der Waals surface area contributed by atoms with Gasteiger partial charge in [0, 0.05) is 21.8 Å². The van der Waals surface area contributed by atoms with Crippen LogP contribution in [0.25, 0.3) is 43.6 Å². The molecule has 0 saturated carbocycles. The predicted octanol–water partition coefficient (Wildman–Crippen LogP) is 5.81. The normalized spacial score (nSPS) is 10.7. The van der Waals surface area contributed by atoms with E-state index in [1.54, 1.807) is 24.3 Å². The van der Waals surface area contributed by atoms with Gasteiger partial charge in [-0.15, -0.1) is 0 Å². The van der Waals surface area contributed by atoms with Crippen molar-refractivity contribution in [3.05, 3.63) is 156 Å². The number of hydrogen-bond acceptors (Lipinski definition) is 8. The maximum atomic E-state index is 12.4. The number of aromatic amines is 2. The zero-order chi connectivity index (χ0) is 34.8. The summed E-state index contributed by atoms with van der Waals surface area (Å²) in [6.07, 6.45) is 0. The number of fused-ring (bicyclic) bond motifs is 6. The molecule has 0 saturated heterocycles. The molecular weight excluding hydrogens is 749 g/mol. The Kier molecular flexibility index (Phi) is 9.96. The third-order valence-electron chi connectivity index (χ3n) is 8.06. The summed E-state index contributed by atoms with van der Waals surface area (Å²) in [5, 5.41) is 25.4. The summed E-state index contributed by atoms with van der Waals surface area (Å²) >= 11 is 0. The Labute approximate surface area is 309 Å². The molecule has 0 unspecified atom stereocenters. The molecule has 2 aromatic heterocycles. The average Bonchev–Trinajstić information content (AvgIpc) is 3.71. The molecule has 2 N–H and O–H groups in total. The fraction of sp³-hybridized carbons (Fsp3) is 0. The van der Waals surface area contributed by atoms with Gasteiger partial charge in [-0.1, -0.05) is 72.8 Å². The van der Waals surface area contributed by atoms with E-state index in [0.29, 0.717) is 11.5 Å². The molecule has 0 radical (unpaired) electrons. The molecule has 0 aliphatic carbocycles. The molecule has 11 heteroatoms. The van der Waals surface area contributed by atoms with Gasteiger partial charge in [-0.2, -0.15) is 0 Å². The maximum absolute atomic E-state index is 12.4. The molecule has 0 bridgehead atoms. The average molecular weight is 773 g/mol. The Morgan fingerprint density at radius 2 is 0.784 bits per heavy atom. The molecule has 8 rings (SSSR count). The van der Waals surface area contributed by atoms with E-state index in [-0.39, 0.29) is 49.6 Å². The summed E-state index contributed by atoms with van der Waals surface area (Å²) in [6, 6.07) is 37.5. The third-order valence-corrected chi connectivity index (χ3v) is 8.06. The van der Waals surface area contributed by atoms with Crippen LogP contribution in [0.2, 0.25) is 0 Å². The zero-order valence-corrected chi connectivity index (χ0v) is 30.7. The molecule has 51 heavy (non-hydrogen) atoms. The first-order chi connectivity index (χ1) is 24.3. The van der Waals surface area contributed by atoms with Crippen LogP contribution >= 0.6 is 0 Å². The molecular formula is C40H24CdN2O8. The number of esters is 2. The monoisotopic (exact) mass is 774 g/mol. The number of aromatic carboxylic acids is 2. The molecule has 8 aromatic rings. The fourth-order valence-corrected chi connectivity index (χ4v) is 5.77. The van der Waals surface area contributed by atoms with Crippen molar-refractivity contribution in [3.63, 3.8) is 0 Å². The van der Waals surface area contributed by atoms with E-state index >= 15 is 0 Å². The Morgan fingerprint density at radius 3 is 1.20 bits per heavy atom. The number of aromatic nitrogens is 2. The van der Waals surface area contributed by atoms with Gasteiger partial charge in [-0.25, -0.2) is 9.59 Å². The van der Waals surface area contributed by atoms with Gasteiger partial charge in [0.05, 0.1) is 44.9 Å². The molecule has 0 aliphatic heterocycles. The van der Waals surface area contributed by atoms with Crippen LogP contribution in [0.3, 0.4) is 0 Å². The minimum Gasteiger partial charge on any atom is -0.545 e. The van der Waals surface area contributed by atoms with Crippen molar-refractivity contribution >= 4 is 67.5 Å². The smallest absolute Gasteiger partial charge is 0.545 e. The SMILES string of the molecule is O=C([O-])c1cccc(C(=O)Oc2cccc3[nH]c4ccccc4c23)c1.O=C([O-])c1cccc(C(=O)Oc2cccc3[nH]c4ccccc4c23)c1.[Cd+2]. The summed E-state index contributed by atoms with van der Waals surface area (Å²) in [5.74, 6) is -3.10.